The van der Waals surface area contributed by atoms with Gasteiger partial charge in [0.05, 0.1) is 13.0 Å². The third-order valence-electron chi connectivity index (χ3n) is 2.11. The molecule has 0 saturated heterocycles. The molecule has 0 amide bonds. The van der Waals surface area contributed by atoms with Crippen molar-refractivity contribution >= 4 is 17.4 Å². The zero-order chi connectivity index (χ0) is 11.4. The molecule has 0 saturated carbocycles. The molecule has 0 spiro atoms. The van der Waals surface area contributed by atoms with Crippen molar-refractivity contribution in [3.05, 3.63) is 28.8 Å². The number of ether oxygens (including phenoxy) is 1. The van der Waals surface area contributed by atoms with Crippen molar-refractivity contribution < 1.29 is 9.53 Å². The van der Waals surface area contributed by atoms with Gasteiger partial charge in [0, 0.05) is 5.56 Å². The quantitative estimate of drug-likeness (QED) is 0.584. The highest BCUT2D eigenvalue weighted by Gasteiger charge is 2.17. The first kappa shape index (κ1) is 11.5. The van der Waals surface area contributed by atoms with E-state index in [9.17, 15) is 4.79 Å². The Labute approximate surface area is 93.2 Å². The van der Waals surface area contributed by atoms with Crippen molar-refractivity contribution in [3.8, 4) is 11.8 Å². The summed E-state index contributed by atoms with van der Waals surface area (Å²) < 4.78 is 5.01. The molecule has 1 rings (SSSR count). The molecule has 0 heterocycles. The minimum absolute atomic E-state index is 0.136. The fraction of sp³-hybridized carbons (Fsp3) is 0.273. The van der Waals surface area contributed by atoms with E-state index in [1.54, 1.807) is 19.1 Å². The van der Waals surface area contributed by atoms with E-state index in [0.717, 1.165) is 5.56 Å². The van der Waals surface area contributed by atoms with E-state index in [0.29, 0.717) is 11.3 Å². The lowest BCUT2D eigenvalue weighted by Gasteiger charge is -2.09. The average molecular weight is 224 g/mol. The Kier molecular flexibility index (Phi) is 3.70. The number of methoxy groups -OCH3 is 1. The molecule has 3 nitrogen and oxygen atoms in total. The van der Waals surface area contributed by atoms with Crippen molar-refractivity contribution in [2.75, 3.05) is 13.0 Å². The van der Waals surface area contributed by atoms with E-state index in [1.165, 1.54) is 7.11 Å². The van der Waals surface area contributed by atoms with Gasteiger partial charge < -0.3 is 4.74 Å². The van der Waals surface area contributed by atoms with Crippen molar-refractivity contribution in [1.29, 1.82) is 5.26 Å². The Morgan fingerprint density at radius 1 is 1.60 bits per heavy atom. The number of Topliss-reactive ketones (excluding diaryl/α,β-unsaturated/α-hetero) is 1. The van der Waals surface area contributed by atoms with Crippen LogP contribution < -0.4 is 4.74 Å². The van der Waals surface area contributed by atoms with Crippen molar-refractivity contribution in [2.24, 2.45) is 0 Å². The Bertz CT molecular complexity index is 435. The Morgan fingerprint density at radius 2 is 2.27 bits per heavy atom. The van der Waals surface area contributed by atoms with Crippen LogP contribution in [-0.2, 0) is 0 Å². The lowest BCUT2D eigenvalue weighted by atomic mass is 9.98. The second-order valence-electron chi connectivity index (χ2n) is 3.00. The summed E-state index contributed by atoms with van der Waals surface area (Å²) in [6.45, 7) is 1.76. The number of benzene rings is 1. The van der Waals surface area contributed by atoms with Crippen molar-refractivity contribution in [2.45, 2.75) is 6.92 Å². The normalized spacial score (nSPS) is 9.47. The Hall–Kier alpha value is -1.53. The number of hydrogen-bond donors (Lipinski definition) is 0. The highest BCUT2D eigenvalue weighted by molar-refractivity contribution is 6.31. The van der Waals surface area contributed by atoms with Crippen LogP contribution in [0.2, 0.25) is 0 Å². The third kappa shape index (κ3) is 2.11. The summed E-state index contributed by atoms with van der Waals surface area (Å²) in [5, 5.41) is 8.97. The van der Waals surface area contributed by atoms with Crippen LogP contribution in [-0.4, -0.2) is 18.8 Å². The van der Waals surface area contributed by atoms with Crippen LogP contribution in [0.4, 0.5) is 0 Å². The Balaban J connectivity index is 3.47. The molecule has 0 aliphatic rings. The summed E-state index contributed by atoms with van der Waals surface area (Å²) in [5.41, 5.74) is 1.34. The number of alkyl halides is 1. The van der Waals surface area contributed by atoms with Gasteiger partial charge in [0.25, 0.3) is 0 Å². The molecule has 0 unspecified atom stereocenters. The predicted molar refractivity (Wildman–Crippen MR) is 57.5 cm³/mol. The molecule has 0 aromatic heterocycles. The van der Waals surface area contributed by atoms with Gasteiger partial charge in [0.2, 0.25) is 0 Å². The molecule has 0 radical (unpaired) electrons. The molecule has 1 aromatic carbocycles. The van der Waals surface area contributed by atoms with E-state index >= 15 is 0 Å². The van der Waals surface area contributed by atoms with E-state index in [2.05, 4.69) is 0 Å². The number of nitrogens with zero attached hydrogens (tertiary/aromatic N) is 1. The van der Waals surface area contributed by atoms with Crippen LogP contribution in [0.15, 0.2) is 12.1 Å². The van der Waals surface area contributed by atoms with E-state index in [-0.39, 0.29) is 17.2 Å². The van der Waals surface area contributed by atoms with Crippen LogP contribution in [0, 0.1) is 18.3 Å². The second-order valence-corrected chi connectivity index (χ2v) is 3.27. The van der Waals surface area contributed by atoms with Crippen LogP contribution >= 0.6 is 11.6 Å². The molecule has 0 fully saturated rings. The third-order valence-corrected chi connectivity index (χ3v) is 2.35. The summed E-state index contributed by atoms with van der Waals surface area (Å²) >= 11 is 5.48. The topological polar surface area (TPSA) is 50.1 Å². The maximum atomic E-state index is 11.5. The molecule has 0 aliphatic heterocycles. The molecular formula is C11H10ClNO2. The van der Waals surface area contributed by atoms with Gasteiger partial charge in [-0.2, -0.15) is 5.26 Å². The summed E-state index contributed by atoms with van der Waals surface area (Å²) in [6.07, 6.45) is 0. The van der Waals surface area contributed by atoms with Gasteiger partial charge in [-0.3, -0.25) is 4.79 Å². The van der Waals surface area contributed by atoms with Crippen LogP contribution in [0.1, 0.15) is 21.5 Å². The van der Waals surface area contributed by atoms with Gasteiger partial charge in [0.15, 0.2) is 5.78 Å². The van der Waals surface area contributed by atoms with Crippen LogP contribution in [0.3, 0.4) is 0 Å². The first-order valence-corrected chi connectivity index (χ1v) is 4.86. The molecule has 78 valence electrons. The van der Waals surface area contributed by atoms with Gasteiger partial charge in [-0.25, -0.2) is 0 Å². The van der Waals surface area contributed by atoms with Crippen molar-refractivity contribution in [1.82, 2.24) is 0 Å². The van der Waals surface area contributed by atoms with Gasteiger partial charge in [-0.1, -0.05) is 6.07 Å². The van der Waals surface area contributed by atoms with Crippen molar-refractivity contribution in [3.63, 3.8) is 0 Å². The molecule has 15 heavy (non-hydrogen) atoms. The maximum Gasteiger partial charge on any atom is 0.179 e. The highest BCUT2D eigenvalue weighted by Crippen LogP contribution is 2.25. The number of carbonyl (C=O) groups excluding carboxylic acids is 1. The van der Waals surface area contributed by atoms with E-state index in [4.69, 9.17) is 21.6 Å². The summed E-state index contributed by atoms with van der Waals surface area (Å²) in [5.74, 6) is 0.00376. The summed E-state index contributed by atoms with van der Waals surface area (Å²) in [6, 6.07) is 5.37. The van der Waals surface area contributed by atoms with Crippen LogP contribution in [0.25, 0.3) is 0 Å². The lowest BCUT2D eigenvalue weighted by molar-refractivity contribution is 0.102. The highest BCUT2D eigenvalue weighted by atomic mass is 35.5. The zero-order valence-corrected chi connectivity index (χ0v) is 9.26. The fourth-order valence-corrected chi connectivity index (χ4v) is 1.53. The summed E-state index contributed by atoms with van der Waals surface area (Å²) in [7, 11) is 1.46. The minimum atomic E-state index is -0.260. The second kappa shape index (κ2) is 4.81. The monoisotopic (exact) mass is 223 g/mol. The molecule has 0 aliphatic carbocycles. The molecule has 0 atom stereocenters. The van der Waals surface area contributed by atoms with E-state index in [1.807, 2.05) is 6.07 Å². The van der Waals surface area contributed by atoms with E-state index < -0.39 is 0 Å². The number of halogens is 1. The average Bonchev–Trinajstić information content (AvgIpc) is 2.27. The first-order valence-electron chi connectivity index (χ1n) is 4.32. The SMILES string of the molecule is COc1ccc(C)c(C(=O)CCl)c1C#N. The number of hydrogen-bond acceptors (Lipinski definition) is 3. The van der Waals surface area contributed by atoms with Gasteiger partial charge in [-0.15, -0.1) is 11.6 Å². The number of aryl methyl sites for hydroxylation is 1. The fourth-order valence-electron chi connectivity index (χ4n) is 1.39. The van der Waals surface area contributed by atoms with Crippen LogP contribution in [0.5, 0.6) is 5.75 Å². The largest absolute Gasteiger partial charge is 0.495 e. The van der Waals surface area contributed by atoms with Gasteiger partial charge in [0.1, 0.15) is 17.4 Å². The molecule has 1 aromatic rings. The number of ketones is 1. The van der Waals surface area contributed by atoms with Gasteiger partial charge >= 0.3 is 0 Å². The Morgan fingerprint density at radius 3 is 2.73 bits per heavy atom. The molecule has 0 N–H and O–H groups in total. The lowest BCUT2D eigenvalue weighted by Crippen LogP contribution is -2.07. The molecule has 0 bridgehead atoms. The smallest absolute Gasteiger partial charge is 0.179 e. The zero-order valence-electron chi connectivity index (χ0n) is 8.50. The standard InChI is InChI=1S/C11H10ClNO2/c1-7-3-4-10(15-2)8(6-13)11(7)9(14)5-12/h3-4H,5H2,1-2H3. The summed E-state index contributed by atoms with van der Waals surface area (Å²) in [4.78, 5) is 11.5. The minimum Gasteiger partial charge on any atom is -0.495 e. The maximum absolute atomic E-state index is 11.5. The molecule has 4 heteroatoms. The molecular weight excluding hydrogens is 214 g/mol. The first-order chi connectivity index (χ1) is 7.15. The van der Waals surface area contributed by atoms with Gasteiger partial charge in [-0.05, 0) is 18.6 Å². The number of nitriles is 1. The predicted octanol–water partition coefficient (Wildman–Crippen LogP) is 2.30. The number of carbonyl (C=O) groups is 1. The number of rotatable bonds is 3.